The molecule has 2 heterocycles. The van der Waals surface area contributed by atoms with Crippen molar-refractivity contribution in [2.24, 2.45) is 17.1 Å². The number of amides is 3. The molecule has 2 rings (SSSR count). The highest BCUT2D eigenvalue weighted by atomic mass is 16.2. The van der Waals surface area contributed by atoms with Gasteiger partial charge in [0.05, 0.1) is 18.6 Å². The second-order valence-corrected chi connectivity index (χ2v) is 10.0. The molecular formula is C21H36N4O4. The summed E-state index contributed by atoms with van der Waals surface area (Å²) >= 11 is 0. The van der Waals surface area contributed by atoms with E-state index >= 15 is 0 Å². The quantitative estimate of drug-likeness (QED) is 0.671. The number of rotatable bonds is 6. The SMILES string of the molecule is CC(=O)NC(CC(C)(C)C)C(=O)N1CC(=O)C2C1CCN2C(=O)C(N)CC(C)C. The lowest BCUT2D eigenvalue weighted by molar-refractivity contribution is -0.138. The number of likely N-dealkylation sites (tertiary alicyclic amines) is 2. The molecule has 3 amide bonds. The maximum Gasteiger partial charge on any atom is 0.245 e. The Hall–Kier alpha value is -1.96. The highest BCUT2D eigenvalue weighted by Crippen LogP contribution is 2.32. The molecule has 0 aromatic rings. The second-order valence-electron chi connectivity index (χ2n) is 10.0. The van der Waals surface area contributed by atoms with Gasteiger partial charge in [0.15, 0.2) is 5.78 Å². The number of ketones is 1. The van der Waals surface area contributed by atoms with Gasteiger partial charge in [-0.05, 0) is 30.6 Å². The van der Waals surface area contributed by atoms with Crippen LogP contribution < -0.4 is 11.1 Å². The molecule has 0 aromatic heterocycles. The molecule has 4 atom stereocenters. The minimum atomic E-state index is -0.688. The van der Waals surface area contributed by atoms with Crippen LogP contribution in [0.4, 0.5) is 0 Å². The van der Waals surface area contributed by atoms with Gasteiger partial charge < -0.3 is 20.9 Å². The van der Waals surface area contributed by atoms with Crippen LogP contribution in [0.15, 0.2) is 0 Å². The van der Waals surface area contributed by atoms with Gasteiger partial charge in [0.25, 0.3) is 0 Å². The fraction of sp³-hybridized carbons (Fsp3) is 0.810. The number of fused-ring (bicyclic) bond motifs is 1. The maximum absolute atomic E-state index is 13.2. The van der Waals surface area contributed by atoms with Crippen molar-refractivity contribution in [1.82, 2.24) is 15.1 Å². The Kier molecular flexibility index (Phi) is 7.09. The van der Waals surface area contributed by atoms with Gasteiger partial charge in [-0.25, -0.2) is 0 Å². The highest BCUT2D eigenvalue weighted by molar-refractivity contribution is 5.99. The van der Waals surface area contributed by atoms with Gasteiger partial charge in [-0.15, -0.1) is 0 Å². The molecule has 2 saturated heterocycles. The molecule has 4 unspecified atom stereocenters. The average Bonchev–Trinajstić information content (AvgIpc) is 3.12. The number of hydrogen-bond acceptors (Lipinski definition) is 5. The van der Waals surface area contributed by atoms with Crippen LogP contribution in [-0.2, 0) is 19.2 Å². The first-order chi connectivity index (χ1) is 13.3. The largest absolute Gasteiger partial charge is 0.345 e. The summed E-state index contributed by atoms with van der Waals surface area (Å²) in [6.07, 6.45) is 1.57. The van der Waals surface area contributed by atoms with Gasteiger partial charge in [0.1, 0.15) is 12.1 Å². The van der Waals surface area contributed by atoms with Crippen molar-refractivity contribution in [2.45, 2.75) is 85.0 Å². The summed E-state index contributed by atoms with van der Waals surface area (Å²) < 4.78 is 0. The number of nitrogens with one attached hydrogen (secondary N) is 1. The lowest BCUT2D eigenvalue weighted by Gasteiger charge is -2.31. The van der Waals surface area contributed by atoms with Crippen molar-refractivity contribution in [1.29, 1.82) is 0 Å². The first kappa shape index (κ1) is 23.3. The van der Waals surface area contributed by atoms with Crippen molar-refractivity contribution in [3.05, 3.63) is 0 Å². The molecule has 0 aliphatic carbocycles. The number of carbonyl (C=O) groups is 4. The lowest BCUT2D eigenvalue weighted by atomic mass is 9.87. The number of Topliss-reactive ketones (excluding diaryl/α,β-unsaturated/α-hetero) is 1. The Morgan fingerprint density at radius 1 is 1.17 bits per heavy atom. The first-order valence-corrected chi connectivity index (χ1v) is 10.5. The molecule has 164 valence electrons. The zero-order valence-corrected chi connectivity index (χ0v) is 18.5. The normalized spacial score (nSPS) is 23.9. The van der Waals surface area contributed by atoms with Crippen LogP contribution in [-0.4, -0.2) is 70.6 Å². The Morgan fingerprint density at radius 2 is 1.79 bits per heavy atom. The molecule has 0 aromatic carbocycles. The number of nitrogens with two attached hydrogens (primary N) is 1. The van der Waals surface area contributed by atoms with Gasteiger partial charge in [0, 0.05) is 13.5 Å². The van der Waals surface area contributed by atoms with Gasteiger partial charge in [-0.3, -0.25) is 19.2 Å². The van der Waals surface area contributed by atoms with Gasteiger partial charge in [-0.1, -0.05) is 34.6 Å². The monoisotopic (exact) mass is 408 g/mol. The minimum absolute atomic E-state index is 0.0302. The molecule has 8 nitrogen and oxygen atoms in total. The van der Waals surface area contributed by atoms with Crippen LogP contribution >= 0.6 is 0 Å². The van der Waals surface area contributed by atoms with Crippen LogP contribution in [0.25, 0.3) is 0 Å². The van der Waals surface area contributed by atoms with E-state index in [1.807, 2.05) is 34.6 Å². The number of carbonyl (C=O) groups excluding carboxylic acids is 4. The van der Waals surface area contributed by atoms with E-state index in [2.05, 4.69) is 5.32 Å². The van der Waals surface area contributed by atoms with E-state index < -0.39 is 18.1 Å². The third-order valence-electron chi connectivity index (χ3n) is 5.52. The Labute approximate surface area is 173 Å². The van der Waals surface area contributed by atoms with Gasteiger partial charge in [-0.2, -0.15) is 0 Å². The molecule has 0 bridgehead atoms. The summed E-state index contributed by atoms with van der Waals surface area (Å²) in [4.78, 5) is 53.5. The van der Waals surface area contributed by atoms with E-state index in [1.54, 1.807) is 9.80 Å². The third-order valence-corrected chi connectivity index (χ3v) is 5.52. The standard InChI is InChI=1S/C21H36N4O4/c1-12(2)9-14(22)19(28)24-8-7-16-18(24)17(27)11-25(16)20(29)15(23-13(3)26)10-21(4,5)6/h12,14-16,18H,7-11,22H2,1-6H3,(H,23,26). The third kappa shape index (κ3) is 5.56. The lowest BCUT2D eigenvalue weighted by Crippen LogP contribution is -2.52. The second kappa shape index (κ2) is 8.81. The summed E-state index contributed by atoms with van der Waals surface area (Å²) in [5.41, 5.74) is 5.89. The van der Waals surface area contributed by atoms with Crippen LogP contribution in [0.3, 0.4) is 0 Å². The summed E-state index contributed by atoms with van der Waals surface area (Å²) in [6, 6.07) is -2.30. The van der Waals surface area contributed by atoms with Crippen molar-refractivity contribution in [3.8, 4) is 0 Å². The van der Waals surface area contributed by atoms with Crippen molar-refractivity contribution in [2.75, 3.05) is 13.1 Å². The summed E-state index contributed by atoms with van der Waals surface area (Å²) in [5, 5.41) is 2.74. The van der Waals surface area contributed by atoms with Gasteiger partial charge >= 0.3 is 0 Å². The maximum atomic E-state index is 13.2. The van der Waals surface area contributed by atoms with E-state index in [4.69, 9.17) is 5.73 Å². The Balaban J connectivity index is 2.17. The van der Waals surface area contributed by atoms with Crippen LogP contribution in [0.1, 0.15) is 60.8 Å². The van der Waals surface area contributed by atoms with E-state index in [-0.39, 0.29) is 47.4 Å². The molecule has 29 heavy (non-hydrogen) atoms. The molecule has 2 fully saturated rings. The first-order valence-electron chi connectivity index (χ1n) is 10.5. The molecule has 0 saturated carbocycles. The van der Waals surface area contributed by atoms with E-state index in [0.717, 1.165) is 0 Å². The summed E-state index contributed by atoms with van der Waals surface area (Å²) in [7, 11) is 0. The predicted molar refractivity (Wildman–Crippen MR) is 110 cm³/mol. The molecule has 0 spiro atoms. The fourth-order valence-corrected chi connectivity index (χ4v) is 4.44. The molecule has 0 radical (unpaired) electrons. The topological polar surface area (TPSA) is 113 Å². The fourth-order valence-electron chi connectivity index (χ4n) is 4.44. The van der Waals surface area contributed by atoms with E-state index in [0.29, 0.717) is 25.8 Å². The predicted octanol–water partition coefficient (Wildman–Crippen LogP) is 0.682. The van der Waals surface area contributed by atoms with Gasteiger partial charge in [0.2, 0.25) is 17.7 Å². The summed E-state index contributed by atoms with van der Waals surface area (Å²) in [5.74, 6) is -0.611. The van der Waals surface area contributed by atoms with Crippen LogP contribution in [0.5, 0.6) is 0 Å². The smallest absolute Gasteiger partial charge is 0.245 e. The Morgan fingerprint density at radius 3 is 2.31 bits per heavy atom. The zero-order chi connectivity index (χ0) is 22.1. The minimum Gasteiger partial charge on any atom is -0.345 e. The molecule has 8 heteroatoms. The van der Waals surface area contributed by atoms with Crippen molar-refractivity contribution in [3.63, 3.8) is 0 Å². The zero-order valence-electron chi connectivity index (χ0n) is 18.5. The van der Waals surface area contributed by atoms with Crippen LogP contribution in [0.2, 0.25) is 0 Å². The summed E-state index contributed by atoms with van der Waals surface area (Å²) in [6.45, 7) is 11.8. The van der Waals surface area contributed by atoms with E-state index in [9.17, 15) is 19.2 Å². The van der Waals surface area contributed by atoms with Crippen LogP contribution in [0, 0.1) is 11.3 Å². The average molecular weight is 409 g/mol. The Bertz CT molecular complexity index is 670. The van der Waals surface area contributed by atoms with Crippen molar-refractivity contribution >= 4 is 23.5 Å². The number of nitrogens with zero attached hydrogens (tertiary/aromatic N) is 2. The van der Waals surface area contributed by atoms with Crippen molar-refractivity contribution < 1.29 is 19.2 Å². The highest BCUT2D eigenvalue weighted by Gasteiger charge is 2.52. The van der Waals surface area contributed by atoms with E-state index in [1.165, 1.54) is 6.92 Å². The number of hydrogen-bond donors (Lipinski definition) is 2. The molecule has 3 N–H and O–H groups in total. The molecule has 2 aliphatic rings. The molecule has 2 aliphatic heterocycles. The molecular weight excluding hydrogens is 372 g/mol.